The largest absolute Gasteiger partial charge is 0.462 e. The van der Waals surface area contributed by atoms with Gasteiger partial charge in [0.2, 0.25) is 0 Å². The van der Waals surface area contributed by atoms with E-state index in [-0.39, 0.29) is 5.97 Å². The van der Waals surface area contributed by atoms with Crippen LogP contribution in [0.3, 0.4) is 0 Å². The molecule has 0 aliphatic carbocycles. The maximum atomic E-state index is 12.6. The van der Waals surface area contributed by atoms with Crippen molar-refractivity contribution in [1.29, 1.82) is 0 Å². The third kappa shape index (κ3) is 11.3. The molecule has 41 heavy (non-hydrogen) atoms. The Hall–Kier alpha value is -3.84. The first-order valence-electron chi connectivity index (χ1n) is 14.0. The molecule has 0 fully saturated rings. The predicted octanol–water partition coefficient (Wildman–Crippen LogP) is 8.24. The van der Waals surface area contributed by atoms with Gasteiger partial charge in [-0.15, -0.1) is 11.8 Å². The highest BCUT2D eigenvalue weighted by atomic mass is 32.2. The van der Waals surface area contributed by atoms with E-state index in [0.29, 0.717) is 34.8 Å². The summed E-state index contributed by atoms with van der Waals surface area (Å²) in [4.78, 5) is 37.5. The molecule has 0 atom stereocenters. The smallest absolute Gasteiger partial charge is 0.343 e. The number of carbonyl (C=O) groups is 3. The van der Waals surface area contributed by atoms with E-state index in [1.165, 1.54) is 24.8 Å². The number of carbonyl (C=O) groups excluding carboxylic acids is 3. The molecule has 0 aliphatic rings. The molecule has 0 aromatic heterocycles. The number of esters is 3. The number of benzene rings is 3. The summed E-state index contributed by atoms with van der Waals surface area (Å²) in [5.41, 5.74) is 2.43. The van der Waals surface area contributed by atoms with Gasteiger partial charge in [0.15, 0.2) is 0 Å². The first-order chi connectivity index (χ1) is 19.9. The lowest BCUT2D eigenvalue weighted by Crippen LogP contribution is -2.10. The van der Waals surface area contributed by atoms with E-state index in [4.69, 9.17) is 14.2 Å². The molecule has 3 rings (SSSR count). The Morgan fingerprint density at radius 1 is 0.707 bits per heavy atom. The first kappa shape index (κ1) is 31.7. The Balaban J connectivity index is 1.40. The van der Waals surface area contributed by atoms with Crippen molar-refractivity contribution in [2.45, 2.75) is 63.7 Å². The Morgan fingerprint density at radius 3 is 1.83 bits per heavy atom. The van der Waals surface area contributed by atoms with Gasteiger partial charge in [0, 0.05) is 10.5 Å². The minimum atomic E-state index is -0.481. The van der Waals surface area contributed by atoms with Crippen LogP contribution in [0.5, 0.6) is 11.5 Å². The second-order valence-electron chi connectivity index (χ2n) is 9.75. The van der Waals surface area contributed by atoms with Gasteiger partial charge in [-0.25, -0.2) is 14.4 Å². The third-order valence-corrected chi connectivity index (χ3v) is 7.33. The summed E-state index contributed by atoms with van der Waals surface area (Å²) in [7, 11) is 0. The fourth-order valence-electron chi connectivity index (χ4n) is 3.84. The summed E-state index contributed by atoms with van der Waals surface area (Å²) < 4.78 is 16.0. The van der Waals surface area contributed by atoms with Crippen molar-refractivity contribution in [1.82, 2.24) is 0 Å². The highest BCUT2D eigenvalue weighted by molar-refractivity contribution is 7.99. The van der Waals surface area contributed by atoms with Crippen molar-refractivity contribution >= 4 is 29.7 Å². The maximum absolute atomic E-state index is 12.6. The summed E-state index contributed by atoms with van der Waals surface area (Å²) in [5.74, 6) is 0.389. The van der Waals surface area contributed by atoms with E-state index in [1.54, 1.807) is 55.1 Å². The van der Waals surface area contributed by atoms with Crippen LogP contribution < -0.4 is 9.47 Å². The van der Waals surface area contributed by atoms with Crippen LogP contribution in [0.25, 0.3) is 0 Å². The van der Waals surface area contributed by atoms with Crippen molar-refractivity contribution in [3.8, 4) is 11.5 Å². The van der Waals surface area contributed by atoms with Crippen LogP contribution in [0.1, 0.15) is 78.7 Å². The molecule has 216 valence electrons. The zero-order chi connectivity index (χ0) is 29.5. The molecular weight excluding hydrogens is 536 g/mol. The minimum Gasteiger partial charge on any atom is -0.462 e. The number of hydrogen-bond donors (Lipinski definition) is 0. The van der Waals surface area contributed by atoms with E-state index in [9.17, 15) is 14.4 Å². The molecule has 0 saturated heterocycles. The summed E-state index contributed by atoms with van der Waals surface area (Å²) in [5, 5.41) is 0. The van der Waals surface area contributed by atoms with Crippen LogP contribution in [0.15, 0.2) is 89.8 Å². The number of ether oxygens (including phenoxy) is 3. The maximum Gasteiger partial charge on any atom is 0.343 e. The minimum absolute atomic E-state index is 0.338. The third-order valence-electron chi connectivity index (χ3n) is 6.23. The molecule has 0 bridgehead atoms. The van der Waals surface area contributed by atoms with Crippen molar-refractivity contribution < 1.29 is 28.6 Å². The Morgan fingerprint density at radius 2 is 1.27 bits per heavy atom. The molecule has 0 unspecified atom stereocenters. The van der Waals surface area contributed by atoms with Crippen molar-refractivity contribution in [2.24, 2.45) is 0 Å². The SMILES string of the molecule is C=C(C)C(=O)OCCCCSc1ccc(C(=O)Oc2ccc(C(=O)Oc3ccc(CCCCCC)cc3)cc2)cc1. The molecule has 0 radical (unpaired) electrons. The van der Waals surface area contributed by atoms with E-state index < -0.39 is 11.9 Å². The molecule has 7 heteroatoms. The molecule has 0 N–H and O–H groups in total. The lowest BCUT2D eigenvalue weighted by molar-refractivity contribution is -0.139. The number of thioether (sulfide) groups is 1. The van der Waals surface area contributed by atoms with Crippen LogP contribution in [0.2, 0.25) is 0 Å². The highest BCUT2D eigenvalue weighted by Crippen LogP contribution is 2.22. The normalized spacial score (nSPS) is 10.6. The van der Waals surface area contributed by atoms with Crippen LogP contribution in [-0.2, 0) is 16.0 Å². The molecule has 3 aromatic rings. The average Bonchev–Trinajstić information content (AvgIpc) is 2.98. The summed E-state index contributed by atoms with van der Waals surface area (Å²) >= 11 is 1.67. The molecule has 0 spiro atoms. The van der Waals surface area contributed by atoms with Crippen LogP contribution >= 0.6 is 11.8 Å². The standard InChI is InChI=1S/C34H38O6S/c1-4-5-6-7-10-26-11-17-29(18-12-26)39-33(36)27-13-19-30(20-14-27)40-34(37)28-15-21-31(22-16-28)41-24-9-8-23-38-32(35)25(2)3/h11-22H,2,4-10,23-24H2,1,3H3. The Kier molecular flexibility index (Phi) is 13.2. The fourth-order valence-corrected chi connectivity index (χ4v) is 4.75. The molecule has 3 aromatic carbocycles. The summed E-state index contributed by atoms with van der Waals surface area (Å²) in [6.45, 7) is 7.77. The number of aryl methyl sites for hydroxylation is 1. The van der Waals surface area contributed by atoms with Crippen molar-refractivity contribution in [3.63, 3.8) is 0 Å². The second kappa shape index (κ2) is 17.1. The van der Waals surface area contributed by atoms with E-state index in [2.05, 4.69) is 13.5 Å². The Bertz CT molecular complexity index is 1280. The van der Waals surface area contributed by atoms with Crippen molar-refractivity contribution in [3.05, 3.63) is 102 Å². The van der Waals surface area contributed by atoms with Gasteiger partial charge in [-0.05, 0) is 105 Å². The molecule has 0 amide bonds. The monoisotopic (exact) mass is 574 g/mol. The van der Waals surface area contributed by atoms with Gasteiger partial charge in [-0.1, -0.05) is 44.9 Å². The second-order valence-corrected chi connectivity index (χ2v) is 10.9. The van der Waals surface area contributed by atoms with Gasteiger partial charge >= 0.3 is 17.9 Å². The van der Waals surface area contributed by atoms with Gasteiger partial charge in [-0.3, -0.25) is 0 Å². The summed E-state index contributed by atoms with van der Waals surface area (Å²) in [6.07, 6.45) is 7.55. The fraction of sp³-hybridized carbons (Fsp3) is 0.324. The quantitative estimate of drug-likeness (QED) is 0.0560. The molecule has 0 heterocycles. The van der Waals surface area contributed by atoms with Crippen LogP contribution in [0, 0.1) is 0 Å². The van der Waals surface area contributed by atoms with Crippen LogP contribution in [0.4, 0.5) is 0 Å². The van der Waals surface area contributed by atoms with Gasteiger partial charge in [0.1, 0.15) is 11.5 Å². The predicted molar refractivity (Wildman–Crippen MR) is 163 cm³/mol. The number of hydrogen-bond acceptors (Lipinski definition) is 7. The van der Waals surface area contributed by atoms with Crippen LogP contribution in [-0.4, -0.2) is 30.3 Å². The van der Waals surface area contributed by atoms with Gasteiger partial charge < -0.3 is 14.2 Å². The average molecular weight is 575 g/mol. The first-order valence-corrected chi connectivity index (χ1v) is 15.0. The van der Waals surface area contributed by atoms with E-state index >= 15 is 0 Å². The van der Waals surface area contributed by atoms with Gasteiger partial charge in [0.25, 0.3) is 0 Å². The van der Waals surface area contributed by atoms with E-state index in [1.807, 2.05) is 36.4 Å². The lowest BCUT2D eigenvalue weighted by Gasteiger charge is -2.08. The lowest BCUT2D eigenvalue weighted by atomic mass is 10.1. The van der Waals surface area contributed by atoms with Gasteiger partial charge in [-0.2, -0.15) is 0 Å². The Labute approximate surface area is 247 Å². The highest BCUT2D eigenvalue weighted by Gasteiger charge is 2.12. The van der Waals surface area contributed by atoms with E-state index in [0.717, 1.165) is 36.3 Å². The van der Waals surface area contributed by atoms with Gasteiger partial charge in [0.05, 0.1) is 17.7 Å². The summed E-state index contributed by atoms with van der Waals surface area (Å²) in [6, 6.07) is 21.1. The molecular formula is C34H38O6S. The zero-order valence-corrected chi connectivity index (χ0v) is 24.7. The van der Waals surface area contributed by atoms with Crippen molar-refractivity contribution in [2.75, 3.05) is 12.4 Å². The number of rotatable bonds is 16. The molecule has 6 nitrogen and oxygen atoms in total. The topological polar surface area (TPSA) is 78.9 Å². The molecule has 0 saturated carbocycles. The zero-order valence-electron chi connectivity index (χ0n) is 23.9. The molecule has 0 aliphatic heterocycles. The number of unbranched alkanes of at least 4 members (excludes halogenated alkanes) is 4.